The monoisotopic (exact) mass is 228 g/mol. The molecule has 0 amide bonds. The van der Waals surface area contributed by atoms with Crippen molar-refractivity contribution in [3.05, 3.63) is 18.2 Å². The van der Waals surface area contributed by atoms with Gasteiger partial charge in [-0.25, -0.2) is 0 Å². The smallest absolute Gasteiger partial charge is 0.203 e. The maximum absolute atomic E-state index is 5.71. The van der Waals surface area contributed by atoms with Crippen LogP contribution in [0, 0.1) is 0 Å². The number of para-hydroxylation sites is 1. The van der Waals surface area contributed by atoms with Crippen molar-refractivity contribution in [1.29, 1.82) is 0 Å². The van der Waals surface area contributed by atoms with Gasteiger partial charge in [0.2, 0.25) is 5.75 Å². The Bertz CT molecular complexity index is 341. The third-order valence-corrected chi connectivity index (χ3v) is 2.47. The van der Waals surface area contributed by atoms with Gasteiger partial charge in [0.05, 0.1) is 12.5 Å². The standard InChI is InChI=1S/C11H13ClO3/c1-2-13-9-4-3-5-10-11(9)14-7-8(6-12)15-10/h3-5,8H,2,6-7H2,1H3. The molecule has 82 valence electrons. The van der Waals surface area contributed by atoms with Gasteiger partial charge in [-0.2, -0.15) is 0 Å². The quantitative estimate of drug-likeness (QED) is 0.744. The molecule has 0 aliphatic carbocycles. The first-order valence-corrected chi connectivity index (χ1v) is 5.49. The van der Waals surface area contributed by atoms with Crippen LogP contribution in [-0.2, 0) is 0 Å². The highest BCUT2D eigenvalue weighted by Crippen LogP contribution is 2.40. The van der Waals surface area contributed by atoms with Crippen LogP contribution in [0.4, 0.5) is 0 Å². The van der Waals surface area contributed by atoms with E-state index in [0.717, 1.165) is 5.75 Å². The lowest BCUT2D eigenvalue weighted by Gasteiger charge is -2.26. The fourth-order valence-corrected chi connectivity index (χ4v) is 1.62. The van der Waals surface area contributed by atoms with Crippen LogP contribution >= 0.6 is 11.6 Å². The molecule has 3 nitrogen and oxygen atoms in total. The van der Waals surface area contributed by atoms with Gasteiger partial charge < -0.3 is 14.2 Å². The van der Waals surface area contributed by atoms with Crippen LogP contribution < -0.4 is 14.2 Å². The summed E-state index contributed by atoms with van der Waals surface area (Å²) in [6.45, 7) is 3.02. The molecule has 0 saturated heterocycles. The Morgan fingerprint density at radius 3 is 3.13 bits per heavy atom. The van der Waals surface area contributed by atoms with E-state index in [4.69, 9.17) is 25.8 Å². The molecule has 0 bridgehead atoms. The summed E-state index contributed by atoms with van der Waals surface area (Å²) in [5, 5.41) is 0. The van der Waals surface area contributed by atoms with Gasteiger partial charge in [0.1, 0.15) is 12.7 Å². The highest BCUT2D eigenvalue weighted by atomic mass is 35.5. The Morgan fingerprint density at radius 1 is 1.53 bits per heavy atom. The zero-order valence-electron chi connectivity index (χ0n) is 8.53. The van der Waals surface area contributed by atoms with Crippen molar-refractivity contribution in [1.82, 2.24) is 0 Å². The molecule has 1 aliphatic heterocycles. The van der Waals surface area contributed by atoms with Gasteiger partial charge in [0.25, 0.3) is 0 Å². The summed E-state index contributed by atoms with van der Waals surface area (Å²) in [5.74, 6) is 2.54. The van der Waals surface area contributed by atoms with Crippen molar-refractivity contribution >= 4 is 11.6 Å². The van der Waals surface area contributed by atoms with E-state index < -0.39 is 0 Å². The van der Waals surface area contributed by atoms with E-state index >= 15 is 0 Å². The zero-order chi connectivity index (χ0) is 10.7. The van der Waals surface area contributed by atoms with Gasteiger partial charge in [-0.05, 0) is 19.1 Å². The predicted octanol–water partition coefficient (Wildman–Crippen LogP) is 2.46. The van der Waals surface area contributed by atoms with Gasteiger partial charge in [0, 0.05) is 0 Å². The van der Waals surface area contributed by atoms with E-state index in [1.807, 2.05) is 25.1 Å². The van der Waals surface area contributed by atoms with E-state index in [0.29, 0.717) is 30.6 Å². The summed E-state index contributed by atoms with van der Waals surface area (Å²) in [6.07, 6.45) is -0.0731. The molecule has 4 heteroatoms. The number of hydrogen-bond acceptors (Lipinski definition) is 3. The largest absolute Gasteiger partial charge is 0.490 e. The second kappa shape index (κ2) is 4.62. The topological polar surface area (TPSA) is 27.7 Å². The number of rotatable bonds is 3. The minimum absolute atomic E-state index is 0.0731. The number of hydrogen-bond donors (Lipinski definition) is 0. The molecular formula is C11H13ClO3. The van der Waals surface area contributed by atoms with Crippen LogP contribution in [0.3, 0.4) is 0 Å². The van der Waals surface area contributed by atoms with Crippen LogP contribution in [0.5, 0.6) is 17.2 Å². The molecule has 1 unspecified atom stereocenters. The first-order valence-electron chi connectivity index (χ1n) is 4.96. The molecular weight excluding hydrogens is 216 g/mol. The summed E-state index contributed by atoms with van der Waals surface area (Å²) in [5.41, 5.74) is 0. The van der Waals surface area contributed by atoms with Crippen LogP contribution in [0.1, 0.15) is 6.92 Å². The van der Waals surface area contributed by atoms with Crippen molar-refractivity contribution in [2.75, 3.05) is 19.1 Å². The SMILES string of the molecule is CCOc1cccc2c1OCC(CCl)O2. The second-order valence-corrected chi connectivity index (χ2v) is 3.53. The lowest BCUT2D eigenvalue weighted by Crippen LogP contribution is -2.30. The average Bonchev–Trinajstić information content (AvgIpc) is 2.29. The summed E-state index contributed by atoms with van der Waals surface area (Å²) >= 11 is 5.71. The molecule has 2 rings (SSSR count). The molecule has 0 fully saturated rings. The maximum Gasteiger partial charge on any atom is 0.203 e. The predicted molar refractivity (Wildman–Crippen MR) is 58.2 cm³/mol. The third-order valence-electron chi connectivity index (χ3n) is 2.12. The van der Waals surface area contributed by atoms with E-state index in [-0.39, 0.29) is 6.10 Å². The first kappa shape index (κ1) is 10.4. The van der Waals surface area contributed by atoms with E-state index in [1.165, 1.54) is 0 Å². The van der Waals surface area contributed by atoms with Crippen LogP contribution in [0.2, 0.25) is 0 Å². The van der Waals surface area contributed by atoms with Crippen molar-refractivity contribution in [2.45, 2.75) is 13.0 Å². The summed E-state index contributed by atoms with van der Waals surface area (Å²) in [4.78, 5) is 0. The Labute approximate surface area is 93.9 Å². The second-order valence-electron chi connectivity index (χ2n) is 3.22. The van der Waals surface area contributed by atoms with Gasteiger partial charge in [-0.3, -0.25) is 0 Å². The molecule has 1 atom stereocenters. The molecule has 1 heterocycles. The molecule has 0 radical (unpaired) electrons. The summed E-state index contributed by atoms with van der Waals surface area (Å²) in [7, 11) is 0. The zero-order valence-corrected chi connectivity index (χ0v) is 9.29. The Hall–Kier alpha value is -1.09. The number of halogens is 1. The van der Waals surface area contributed by atoms with Gasteiger partial charge in [0.15, 0.2) is 11.5 Å². The minimum atomic E-state index is -0.0731. The molecule has 1 aromatic carbocycles. The number of alkyl halides is 1. The van der Waals surface area contributed by atoms with Crippen LogP contribution in [0.25, 0.3) is 0 Å². The average molecular weight is 229 g/mol. The lowest BCUT2D eigenvalue weighted by molar-refractivity contribution is 0.102. The Morgan fingerprint density at radius 2 is 2.40 bits per heavy atom. The number of fused-ring (bicyclic) bond motifs is 1. The molecule has 0 aromatic heterocycles. The van der Waals surface area contributed by atoms with Crippen molar-refractivity contribution < 1.29 is 14.2 Å². The Balaban J connectivity index is 2.25. The van der Waals surface area contributed by atoms with E-state index in [9.17, 15) is 0 Å². The van der Waals surface area contributed by atoms with Gasteiger partial charge >= 0.3 is 0 Å². The normalized spacial score (nSPS) is 18.7. The van der Waals surface area contributed by atoms with Crippen molar-refractivity contribution in [2.24, 2.45) is 0 Å². The maximum atomic E-state index is 5.71. The molecule has 1 aromatic rings. The van der Waals surface area contributed by atoms with Crippen molar-refractivity contribution in [3.8, 4) is 17.2 Å². The number of ether oxygens (including phenoxy) is 3. The third kappa shape index (κ3) is 2.12. The van der Waals surface area contributed by atoms with E-state index in [2.05, 4.69) is 0 Å². The van der Waals surface area contributed by atoms with Crippen LogP contribution in [0.15, 0.2) is 18.2 Å². The van der Waals surface area contributed by atoms with Gasteiger partial charge in [-0.1, -0.05) is 6.07 Å². The van der Waals surface area contributed by atoms with Gasteiger partial charge in [-0.15, -0.1) is 11.6 Å². The van der Waals surface area contributed by atoms with Crippen LogP contribution in [-0.4, -0.2) is 25.2 Å². The number of benzene rings is 1. The first-order chi connectivity index (χ1) is 7.35. The molecule has 1 aliphatic rings. The molecule has 0 saturated carbocycles. The van der Waals surface area contributed by atoms with Crippen molar-refractivity contribution in [3.63, 3.8) is 0 Å². The summed E-state index contributed by atoms with van der Waals surface area (Å²) in [6, 6.07) is 5.60. The fraction of sp³-hybridized carbons (Fsp3) is 0.455. The minimum Gasteiger partial charge on any atom is -0.490 e. The highest BCUT2D eigenvalue weighted by Gasteiger charge is 2.23. The molecule has 0 spiro atoms. The molecule has 15 heavy (non-hydrogen) atoms. The van der Waals surface area contributed by atoms with E-state index in [1.54, 1.807) is 0 Å². The fourth-order valence-electron chi connectivity index (χ4n) is 1.47. The highest BCUT2D eigenvalue weighted by molar-refractivity contribution is 6.18. The summed E-state index contributed by atoms with van der Waals surface area (Å²) < 4.78 is 16.6. The molecule has 0 N–H and O–H groups in total. The Kier molecular flexibility index (Phi) is 3.21. The lowest BCUT2D eigenvalue weighted by atomic mass is 10.2.